The monoisotopic (exact) mass is 570 g/mol. The van der Waals surface area contributed by atoms with Crippen LogP contribution in [-0.2, 0) is 4.79 Å². The second-order valence-electron chi connectivity index (χ2n) is 10.7. The van der Waals surface area contributed by atoms with Gasteiger partial charge in [0.15, 0.2) is 5.11 Å². The van der Waals surface area contributed by atoms with Gasteiger partial charge in [-0.25, -0.2) is 0 Å². The molecule has 2 aromatic carbocycles. The molecule has 2 atom stereocenters. The van der Waals surface area contributed by atoms with E-state index in [1.165, 1.54) is 12.1 Å². The average Bonchev–Trinajstić information content (AvgIpc) is 3.57. The third-order valence-electron chi connectivity index (χ3n) is 6.91. The Morgan fingerprint density at radius 3 is 2.44 bits per heavy atom. The standard InChI is InChI=1S/C30H30N6O4S/c1-30(2,3)28(37)32-22-15-14-21(18-25(22)40-4)35-27(26(33-29(35)41)23-8-5-6-16-31-23)24-9-7-17-34(24)19-10-12-20(13-11-19)36(38)39/h5-18,26-27H,1-4H3,(H,32,37)(H,33,41)/t26-,27-/m1/s1. The molecular weight excluding hydrogens is 540 g/mol. The summed E-state index contributed by atoms with van der Waals surface area (Å²) in [7, 11) is 1.56. The minimum Gasteiger partial charge on any atom is -0.494 e. The van der Waals surface area contributed by atoms with Crippen LogP contribution in [0.25, 0.3) is 5.69 Å². The van der Waals surface area contributed by atoms with Gasteiger partial charge in [-0.15, -0.1) is 0 Å². The first-order valence-corrected chi connectivity index (χ1v) is 13.4. The zero-order valence-corrected chi connectivity index (χ0v) is 23.9. The fraction of sp³-hybridized carbons (Fsp3) is 0.233. The van der Waals surface area contributed by atoms with Crippen molar-refractivity contribution in [3.63, 3.8) is 0 Å². The molecule has 0 saturated carbocycles. The van der Waals surface area contributed by atoms with Gasteiger partial charge in [-0.3, -0.25) is 19.9 Å². The first kappa shape index (κ1) is 27.8. The summed E-state index contributed by atoms with van der Waals surface area (Å²) in [6, 6.07) is 21.0. The number of non-ortho nitro benzene ring substituents is 1. The Bertz CT molecular complexity index is 1600. The van der Waals surface area contributed by atoms with Gasteiger partial charge in [0.25, 0.3) is 5.69 Å². The van der Waals surface area contributed by atoms with Crippen molar-refractivity contribution in [1.82, 2.24) is 14.9 Å². The lowest BCUT2D eigenvalue weighted by atomic mass is 9.95. The average molecular weight is 571 g/mol. The van der Waals surface area contributed by atoms with Crippen LogP contribution in [0, 0.1) is 15.5 Å². The van der Waals surface area contributed by atoms with E-state index in [-0.39, 0.29) is 23.7 Å². The SMILES string of the molecule is COc1cc(N2C(=S)N[C@H](c3ccccn3)[C@H]2c2cccn2-c2ccc([N+](=O)[O-])cc2)ccc1NC(=O)C(C)(C)C. The fourth-order valence-corrected chi connectivity index (χ4v) is 5.13. The lowest BCUT2D eigenvalue weighted by Gasteiger charge is -2.29. The lowest BCUT2D eigenvalue weighted by molar-refractivity contribution is -0.384. The molecule has 210 valence electrons. The molecule has 3 heterocycles. The number of anilines is 2. The van der Waals surface area contributed by atoms with Gasteiger partial charge in [-0.05, 0) is 60.7 Å². The number of amides is 1. The molecule has 4 aromatic rings. The number of aromatic nitrogens is 2. The number of ether oxygens (including phenoxy) is 1. The first-order valence-electron chi connectivity index (χ1n) is 13.0. The van der Waals surface area contributed by atoms with Gasteiger partial charge in [0.2, 0.25) is 5.91 Å². The number of carbonyl (C=O) groups excluding carboxylic acids is 1. The van der Waals surface area contributed by atoms with Crippen molar-refractivity contribution in [1.29, 1.82) is 0 Å². The molecule has 11 heteroatoms. The molecule has 2 N–H and O–H groups in total. The van der Waals surface area contributed by atoms with Gasteiger partial charge in [-0.2, -0.15) is 0 Å². The number of rotatable bonds is 7. The third kappa shape index (κ3) is 5.48. The molecule has 1 saturated heterocycles. The summed E-state index contributed by atoms with van der Waals surface area (Å²) in [6.45, 7) is 5.54. The van der Waals surface area contributed by atoms with Crippen molar-refractivity contribution in [3.05, 3.63) is 107 Å². The molecule has 41 heavy (non-hydrogen) atoms. The van der Waals surface area contributed by atoms with Crippen molar-refractivity contribution in [3.8, 4) is 11.4 Å². The summed E-state index contributed by atoms with van der Waals surface area (Å²) in [5.41, 5.74) is 3.23. The van der Waals surface area contributed by atoms with Gasteiger partial charge in [-0.1, -0.05) is 26.8 Å². The molecule has 1 fully saturated rings. The molecule has 0 bridgehead atoms. The van der Waals surface area contributed by atoms with Gasteiger partial charge < -0.3 is 24.8 Å². The van der Waals surface area contributed by atoms with E-state index in [9.17, 15) is 14.9 Å². The Morgan fingerprint density at radius 1 is 1.07 bits per heavy atom. The van der Waals surface area contributed by atoms with Crippen LogP contribution in [0.4, 0.5) is 17.1 Å². The van der Waals surface area contributed by atoms with Crippen LogP contribution in [0.15, 0.2) is 85.2 Å². The molecule has 0 radical (unpaired) electrons. The number of hydrogen-bond acceptors (Lipinski definition) is 6. The van der Waals surface area contributed by atoms with Crippen molar-refractivity contribution in [2.75, 3.05) is 17.3 Å². The number of thiocarbonyl (C=S) groups is 1. The Labute approximate surface area is 243 Å². The zero-order valence-electron chi connectivity index (χ0n) is 23.1. The molecule has 0 aliphatic carbocycles. The highest BCUT2D eigenvalue weighted by atomic mass is 32.1. The summed E-state index contributed by atoms with van der Waals surface area (Å²) in [4.78, 5) is 30.1. The van der Waals surface area contributed by atoms with Crippen LogP contribution < -0.4 is 20.3 Å². The van der Waals surface area contributed by atoms with E-state index in [1.807, 2.05) is 78.9 Å². The molecule has 0 spiro atoms. The Morgan fingerprint density at radius 2 is 1.80 bits per heavy atom. The predicted molar refractivity (Wildman–Crippen MR) is 161 cm³/mol. The maximum absolute atomic E-state index is 12.7. The minimum absolute atomic E-state index is 0.0184. The Balaban J connectivity index is 1.60. The summed E-state index contributed by atoms with van der Waals surface area (Å²) >= 11 is 5.88. The number of hydrogen-bond donors (Lipinski definition) is 2. The molecule has 1 aliphatic heterocycles. The van der Waals surface area contributed by atoms with E-state index < -0.39 is 10.3 Å². The van der Waals surface area contributed by atoms with E-state index in [2.05, 4.69) is 15.6 Å². The van der Waals surface area contributed by atoms with Crippen molar-refractivity contribution >= 4 is 40.3 Å². The number of nitro groups is 1. The highest BCUT2D eigenvalue weighted by Crippen LogP contribution is 2.44. The maximum Gasteiger partial charge on any atom is 0.269 e. The Kier molecular flexibility index (Phi) is 7.46. The second-order valence-corrected chi connectivity index (χ2v) is 11.0. The summed E-state index contributed by atoms with van der Waals surface area (Å²) < 4.78 is 7.67. The van der Waals surface area contributed by atoms with Crippen molar-refractivity contribution in [2.45, 2.75) is 32.9 Å². The molecular formula is C30H30N6O4S. The fourth-order valence-electron chi connectivity index (χ4n) is 4.78. The Hall–Kier alpha value is -4.77. The van der Waals surface area contributed by atoms with Crippen molar-refractivity contribution < 1.29 is 14.5 Å². The normalized spacial score (nSPS) is 16.8. The van der Waals surface area contributed by atoms with Crippen LogP contribution in [-0.4, -0.2) is 32.6 Å². The van der Waals surface area contributed by atoms with Gasteiger partial charge in [0.1, 0.15) is 11.8 Å². The number of benzene rings is 2. The molecule has 0 unspecified atom stereocenters. The minimum atomic E-state index is -0.575. The molecule has 5 rings (SSSR count). The van der Waals surface area contributed by atoms with Gasteiger partial charge >= 0.3 is 0 Å². The number of pyridine rings is 1. The smallest absolute Gasteiger partial charge is 0.269 e. The lowest BCUT2D eigenvalue weighted by Crippen LogP contribution is -2.30. The summed E-state index contributed by atoms with van der Waals surface area (Å²) in [5, 5.41) is 18.1. The van der Waals surface area contributed by atoms with E-state index in [1.54, 1.807) is 31.5 Å². The highest BCUT2D eigenvalue weighted by Gasteiger charge is 2.42. The van der Waals surface area contributed by atoms with E-state index in [0.29, 0.717) is 16.5 Å². The van der Waals surface area contributed by atoms with E-state index in [0.717, 1.165) is 22.8 Å². The number of carbonyl (C=O) groups is 1. The van der Waals surface area contributed by atoms with Crippen LogP contribution in [0.5, 0.6) is 5.75 Å². The number of nitrogens with one attached hydrogen (secondary N) is 2. The van der Waals surface area contributed by atoms with E-state index in [4.69, 9.17) is 17.0 Å². The van der Waals surface area contributed by atoms with Crippen LogP contribution >= 0.6 is 12.2 Å². The summed E-state index contributed by atoms with van der Waals surface area (Å²) in [5.74, 6) is 0.365. The second kappa shape index (κ2) is 11.0. The van der Waals surface area contributed by atoms with Gasteiger partial charge in [0.05, 0.1) is 29.5 Å². The molecule has 1 aliphatic rings. The molecule has 1 amide bonds. The number of nitrogens with zero attached hydrogens (tertiary/aromatic N) is 4. The van der Waals surface area contributed by atoms with Crippen LogP contribution in [0.2, 0.25) is 0 Å². The number of methoxy groups -OCH3 is 1. The van der Waals surface area contributed by atoms with Crippen molar-refractivity contribution in [2.24, 2.45) is 5.41 Å². The topological polar surface area (TPSA) is 115 Å². The molecule has 10 nitrogen and oxygen atoms in total. The summed E-state index contributed by atoms with van der Waals surface area (Å²) in [6.07, 6.45) is 3.65. The zero-order chi connectivity index (χ0) is 29.3. The van der Waals surface area contributed by atoms with Crippen LogP contribution in [0.3, 0.4) is 0 Å². The molecule has 2 aromatic heterocycles. The quantitative estimate of drug-likeness (QED) is 0.159. The van der Waals surface area contributed by atoms with E-state index >= 15 is 0 Å². The first-order chi connectivity index (χ1) is 19.6. The predicted octanol–water partition coefficient (Wildman–Crippen LogP) is 5.95. The highest BCUT2D eigenvalue weighted by molar-refractivity contribution is 7.80. The maximum atomic E-state index is 12.7. The van der Waals surface area contributed by atoms with Crippen LogP contribution in [0.1, 0.15) is 44.2 Å². The van der Waals surface area contributed by atoms with Gasteiger partial charge in [0, 0.05) is 53.1 Å². The largest absolute Gasteiger partial charge is 0.494 e. The number of nitro benzene ring substituents is 1. The third-order valence-corrected chi connectivity index (χ3v) is 7.23.